The molecule has 0 aliphatic heterocycles. The van der Waals surface area contributed by atoms with Crippen LogP contribution in [0.2, 0.25) is 0 Å². The summed E-state index contributed by atoms with van der Waals surface area (Å²) in [5.41, 5.74) is 3.21. The van der Waals surface area contributed by atoms with E-state index in [1.807, 2.05) is 6.07 Å². The third-order valence-electron chi connectivity index (χ3n) is 2.76. The maximum absolute atomic E-state index is 11.2. The average Bonchev–Trinajstić information content (AvgIpc) is 2.93. The lowest BCUT2D eigenvalue weighted by atomic mass is 10.2. The van der Waals surface area contributed by atoms with Gasteiger partial charge in [-0.25, -0.2) is 15.0 Å². The largest absolute Gasteiger partial charge is 0.374 e. The summed E-state index contributed by atoms with van der Waals surface area (Å²) in [5.74, 6) is 0. The van der Waals surface area contributed by atoms with Crippen LogP contribution in [0.15, 0.2) is 36.2 Å². The molecule has 0 fully saturated rings. The van der Waals surface area contributed by atoms with Crippen LogP contribution in [0.3, 0.4) is 0 Å². The van der Waals surface area contributed by atoms with Crippen molar-refractivity contribution in [3.63, 3.8) is 0 Å². The SMILES string of the molecule is O=[N+]([O-])c1c(NCc2ccncn2)ccc2scnc12. The fourth-order valence-corrected chi connectivity index (χ4v) is 2.53. The number of nitro groups is 1. The third kappa shape index (κ3) is 2.28. The first kappa shape index (κ1) is 12.4. The van der Waals surface area contributed by atoms with E-state index in [1.165, 1.54) is 17.7 Å². The zero-order valence-corrected chi connectivity index (χ0v) is 11.0. The van der Waals surface area contributed by atoms with Crippen LogP contribution in [0.4, 0.5) is 11.4 Å². The molecule has 100 valence electrons. The number of hydrogen-bond donors (Lipinski definition) is 1. The van der Waals surface area contributed by atoms with Crippen LogP contribution in [0, 0.1) is 10.1 Å². The van der Waals surface area contributed by atoms with Gasteiger partial charge in [0.1, 0.15) is 12.0 Å². The number of nitrogens with zero attached hydrogens (tertiary/aromatic N) is 4. The number of anilines is 1. The highest BCUT2D eigenvalue weighted by atomic mass is 32.1. The van der Waals surface area contributed by atoms with Crippen LogP contribution in [0.25, 0.3) is 10.2 Å². The molecule has 0 aliphatic rings. The highest BCUT2D eigenvalue weighted by Crippen LogP contribution is 2.34. The summed E-state index contributed by atoms with van der Waals surface area (Å²) in [6.45, 7) is 0.388. The standard InChI is InChI=1S/C12H9N5O2S/c18-17(19)12-9(1-2-10-11(12)16-7-20-10)14-5-8-3-4-13-6-15-8/h1-4,6-7,14H,5H2. The third-order valence-corrected chi connectivity index (χ3v) is 3.56. The molecule has 2 heterocycles. The van der Waals surface area contributed by atoms with Crippen LogP contribution in [0.1, 0.15) is 5.69 Å². The molecule has 3 aromatic rings. The monoisotopic (exact) mass is 287 g/mol. The fraction of sp³-hybridized carbons (Fsp3) is 0.0833. The van der Waals surface area contributed by atoms with Gasteiger partial charge in [0.25, 0.3) is 0 Å². The maximum atomic E-state index is 11.2. The maximum Gasteiger partial charge on any atom is 0.319 e. The van der Waals surface area contributed by atoms with Gasteiger partial charge in [0.15, 0.2) is 5.52 Å². The zero-order valence-electron chi connectivity index (χ0n) is 10.2. The molecule has 0 saturated carbocycles. The number of nitro benzene ring substituents is 1. The van der Waals surface area contributed by atoms with Crippen LogP contribution < -0.4 is 5.32 Å². The number of thiazole rings is 1. The van der Waals surface area contributed by atoms with Gasteiger partial charge in [-0.15, -0.1) is 11.3 Å². The summed E-state index contributed by atoms with van der Waals surface area (Å²) < 4.78 is 0.796. The second-order valence-electron chi connectivity index (χ2n) is 3.97. The van der Waals surface area contributed by atoms with Crippen LogP contribution in [-0.4, -0.2) is 19.9 Å². The normalized spacial score (nSPS) is 10.6. The number of rotatable bonds is 4. The van der Waals surface area contributed by atoms with Gasteiger partial charge in [0.2, 0.25) is 0 Å². The van der Waals surface area contributed by atoms with E-state index in [-0.39, 0.29) is 5.69 Å². The summed E-state index contributed by atoms with van der Waals surface area (Å²) in [6, 6.07) is 5.27. The van der Waals surface area contributed by atoms with Crippen molar-refractivity contribution in [3.8, 4) is 0 Å². The lowest BCUT2D eigenvalue weighted by Gasteiger charge is -2.06. The Morgan fingerprint density at radius 1 is 1.30 bits per heavy atom. The number of benzene rings is 1. The number of nitrogens with one attached hydrogen (secondary N) is 1. The lowest BCUT2D eigenvalue weighted by molar-refractivity contribution is -0.382. The molecule has 2 aromatic heterocycles. The molecule has 1 aromatic carbocycles. The number of aromatic nitrogens is 3. The topological polar surface area (TPSA) is 93.8 Å². The Balaban J connectivity index is 1.94. The Morgan fingerprint density at radius 2 is 2.20 bits per heavy atom. The molecule has 0 saturated heterocycles. The van der Waals surface area contributed by atoms with Gasteiger partial charge < -0.3 is 5.32 Å². The van der Waals surface area contributed by atoms with Gasteiger partial charge >= 0.3 is 5.69 Å². The molecule has 7 nitrogen and oxygen atoms in total. The molecular weight excluding hydrogens is 278 g/mol. The molecule has 0 aliphatic carbocycles. The van der Waals surface area contributed by atoms with Crippen LogP contribution in [0.5, 0.6) is 0 Å². The zero-order chi connectivity index (χ0) is 13.9. The van der Waals surface area contributed by atoms with Crippen molar-refractivity contribution < 1.29 is 4.92 Å². The highest BCUT2D eigenvalue weighted by Gasteiger charge is 2.20. The van der Waals surface area contributed by atoms with Crippen molar-refractivity contribution in [3.05, 3.63) is 52.0 Å². The fourth-order valence-electron chi connectivity index (χ4n) is 1.85. The Bertz CT molecular complexity index is 759. The van der Waals surface area contributed by atoms with Crippen molar-refractivity contribution in [2.45, 2.75) is 6.54 Å². The van der Waals surface area contributed by atoms with Gasteiger partial charge in [0.05, 0.1) is 27.4 Å². The average molecular weight is 287 g/mol. The Labute approximate surface area is 117 Å². The van der Waals surface area contributed by atoms with Gasteiger partial charge in [-0.05, 0) is 18.2 Å². The summed E-state index contributed by atoms with van der Waals surface area (Å²) in [5, 5.41) is 14.3. The second kappa shape index (κ2) is 5.17. The molecular formula is C12H9N5O2S. The van der Waals surface area contributed by atoms with Crippen molar-refractivity contribution in [1.29, 1.82) is 0 Å². The summed E-state index contributed by atoms with van der Waals surface area (Å²) in [7, 11) is 0. The van der Waals surface area contributed by atoms with Gasteiger partial charge in [0, 0.05) is 6.20 Å². The molecule has 0 amide bonds. The first-order chi connectivity index (χ1) is 9.75. The molecule has 0 atom stereocenters. The molecule has 20 heavy (non-hydrogen) atoms. The second-order valence-corrected chi connectivity index (χ2v) is 4.86. The predicted molar refractivity (Wildman–Crippen MR) is 75.6 cm³/mol. The van der Waals surface area contributed by atoms with Crippen LogP contribution in [-0.2, 0) is 6.54 Å². The first-order valence-electron chi connectivity index (χ1n) is 5.75. The van der Waals surface area contributed by atoms with Crippen molar-refractivity contribution in [1.82, 2.24) is 15.0 Å². The number of hydrogen-bond acceptors (Lipinski definition) is 7. The summed E-state index contributed by atoms with van der Waals surface area (Å²) in [4.78, 5) is 22.8. The summed E-state index contributed by atoms with van der Waals surface area (Å²) >= 11 is 1.38. The van der Waals surface area contributed by atoms with Gasteiger partial charge in [-0.1, -0.05) is 0 Å². The minimum atomic E-state index is -0.412. The molecule has 1 N–H and O–H groups in total. The first-order valence-corrected chi connectivity index (χ1v) is 6.63. The quantitative estimate of drug-likeness (QED) is 0.585. The Hall–Kier alpha value is -2.61. The molecule has 8 heteroatoms. The Morgan fingerprint density at radius 3 is 2.95 bits per heavy atom. The van der Waals surface area contributed by atoms with Crippen LogP contribution >= 0.6 is 11.3 Å². The van der Waals surface area contributed by atoms with E-state index < -0.39 is 4.92 Å². The smallest absolute Gasteiger partial charge is 0.319 e. The van der Waals surface area contributed by atoms with E-state index in [0.717, 1.165) is 10.4 Å². The van der Waals surface area contributed by atoms with Crippen molar-refractivity contribution in [2.75, 3.05) is 5.32 Å². The van der Waals surface area contributed by atoms with E-state index in [0.29, 0.717) is 17.7 Å². The molecule has 0 radical (unpaired) electrons. The minimum absolute atomic E-state index is 0.00203. The van der Waals surface area contributed by atoms with Crippen molar-refractivity contribution >= 4 is 32.9 Å². The predicted octanol–water partition coefficient (Wildman–Crippen LogP) is 2.61. The molecule has 0 unspecified atom stereocenters. The summed E-state index contributed by atoms with van der Waals surface area (Å²) in [6.07, 6.45) is 3.07. The van der Waals surface area contributed by atoms with E-state index in [9.17, 15) is 10.1 Å². The lowest BCUT2D eigenvalue weighted by Crippen LogP contribution is -2.04. The van der Waals surface area contributed by atoms with E-state index >= 15 is 0 Å². The van der Waals surface area contributed by atoms with Gasteiger partial charge in [-0.2, -0.15) is 0 Å². The number of fused-ring (bicyclic) bond motifs is 1. The molecule has 3 rings (SSSR count). The molecule has 0 bridgehead atoms. The van der Waals surface area contributed by atoms with Crippen molar-refractivity contribution in [2.24, 2.45) is 0 Å². The molecule has 0 spiro atoms. The highest BCUT2D eigenvalue weighted by molar-refractivity contribution is 7.16. The van der Waals surface area contributed by atoms with E-state index in [4.69, 9.17) is 0 Å². The minimum Gasteiger partial charge on any atom is -0.374 e. The van der Waals surface area contributed by atoms with E-state index in [2.05, 4.69) is 20.3 Å². The Kier molecular flexibility index (Phi) is 3.21. The van der Waals surface area contributed by atoms with Gasteiger partial charge in [-0.3, -0.25) is 10.1 Å². The van der Waals surface area contributed by atoms with E-state index in [1.54, 1.807) is 23.8 Å².